The second-order valence-corrected chi connectivity index (χ2v) is 6.78. The Hall–Kier alpha value is -0.880. The van der Waals surface area contributed by atoms with Gasteiger partial charge in [0.05, 0.1) is 0 Å². The van der Waals surface area contributed by atoms with E-state index in [0.29, 0.717) is 11.3 Å². The van der Waals surface area contributed by atoms with E-state index in [0.717, 1.165) is 6.26 Å². The lowest BCUT2D eigenvalue weighted by atomic mass is 10.1. The summed E-state index contributed by atoms with van der Waals surface area (Å²) in [7, 11) is -3.42. The van der Waals surface area contributed by atoms with Crippen LogP contribution in [0.4, 0.5) is 5.69 Å². The molecule has 0 aliphatic heterocycles. The second kappa shape index (κ2) is 4.32. The van der Waals surface area contributed by atoms with Crippen molar-refractivity contribution in [3.05, 3.63) is 29.8 Å². The number of benzene rings is 1. The van der Waals surface area contributed by atoms with E-state index in [4.69, 9.17) is 5.73 Å². The van der Waals surface area contributed by atoms with Crippen molar-refractivity contribution in [1.29, 1.82) is 0 Å². The van der Waals surface area contributed by atoms with Gasteiger partial charge in [0.1, 0.15) is 0 Å². The van der Waals surface area contributed by atoms with Gasteiger partial charge in [-0.2, -0.15) is 0 Å². The summed E-state index contributed by atoms with van der Waals surface area (Å²) in [6.07, 6.45) is 1.00. The Labute approximate surface area is 96.5 Å². The van der Waals surface area contributed by atoms with Gasteiger partial charge in [-0.05, 0) is 24.3 Å². The summed E-state index contributed by atoms with van der Waals surface area (Å²) in [4.78, 5) is 11.6. The number of sulfone groups is 1. The molecule has 1 aromatic rings. The van der Waals surface area contributed by atoms with Crippen LogP contribution in [-0.4, -0.2) is 24.6 Å². The third kappa shape index (κ3) is 3.04. The molecule has 0 fully saturated rings. The number of hydrogen-bond acceptors (Lipinski definition) is 4. The summed E-state index contributed by atoms with van der Waals surface area (Å²) in [5.74, 6) is -0.488. The largest absolute Gasteiger partial charge is 0.399 e. The molecular formula is C9H10BrNO3S. The number of alkyl halides is 1. The second-order valence-electron chi connectivity index (χ2n) is 3.13. The van der Waals surface area contributed by atoms with Crippen LogP contribution in [0.1, 0.15) is 10.4 Å². The van der Waals surface area contributed by atoms with Gasteiger partial charge in [-0.3, -0.25) is 4.79 Å². The number of halogens is 1. The SMILES string of the molecule is CS(=O)(=O)C(Br)C(=O)c1ccc(N)cc1. The van der Waals surface area contributed by atoms with Gasteiger partial charge in [-0.1, -0.05) is 15.9 Å². The van der Waals surface area contributed by atoms with Crippen LogP contribution in [0, 0.1) is 0 Å². The fourth-order valence-electron chi connectivity index (χ4n) is 0.973. The van der Waals surface area contributed by atoms with Crippen LogP contribution in [0.15, 0.2) is 24.3 Å². The van der Waals surface area contributed by atoms with Crippen molar-refractivity contribution in [2.45, 2.75) is 4.16 Å². The van der Waals surface area contributed by atoms with Crippen molar-refractivity contribution < 1.29 is 13.2 Å². The lowest BCUT2D eigenvalue weighted by Gasteiger charge is -2.06. The Morgan fingerprint density at radius 3 is 2.20 bits per heavy atom. The van der Waals surface area contributed by atoms with Crippen LogP contribution in [-0.2, 0) is 9.84 Å². The maximum absolute atomic E-state index is 11.6. The fraction of sp³-hybridized carbons (Fsp3) is 0.222. The van der Waals surface area contributed by atoms with E-state index in [1.54, 1.807) is 12.1 Å². The van der Waals surface area contributed by atoms with Crippen LogP contribution in [0.25, 0.3) is 0 Å². The highest BCUT2D eigenvalue weighted by Gasteiger charge is 2.26. The van der Waals surface area contributed by atoms with Crippen molar-refractivity contribution in [1.82, 2.24) is 0 Å². The lowest BCUT2D eigenvalue weighted by Crippen LogP contribution is -2.23. The van der Waals surface area contributed by atoms with E-state index in [2.05, 4.69) is 15.9 Å². The summed E-state index contributed by atoms with van der Waals surface area (Å²) in [6.45, 7) is 0. The predicted molar refractivity (Wildman–Crippen MR) is 62.7 cm³/mol. The molecule has 1 unspecified atom stereocenters. The Bertz CT molecular complexity index is 467. The maximum atomic E-state index is 11.6. The van der Waals surface area contributed by atoms with Crippen LogP contribution in [0.3, 0.4) is 0 Å². The summed E-state index contributed by atoms with van der Waals surface area (Å²) < 4.78 is 21.0. The van der Waals surface area contributed by atoms with Crippen LogP contribution in [0.5, 0.6) is 0 Å². The highest BCUT2D eigenvalue weighted by atomic mass is 79.9. The van der Waals surface area contributed by atoms with E-state index in [1.165, 1.54) is 12.1 Å². The van der Waals surface area contributed by atoms with E-state index in [9.17, 15) is 13.2 Å². The van der Waals surface area contributed by atoms with Gasteiger partial charge >= 0.3 is 0 Å². The molecule has 0 aromatic heterocycles. The van der Waals surface area contributed by atoms with E-state index >= 15 is 0 Å². The summed E-state index contributed by atoms with van der Waals surface area (Å²) in [5, 5.41) is 0. The number of hydrogen-bond donors (Lipinski definition) is 1. The van der Waals surface area contributed by atoms with E-state index in [-0.39, 0.29) is 0 Å². The van der Waals surface area contributed by atoms with Crippen molar-refractivity contribution in [3.8, 4) is 0 Å². The monoisotopic (exact) mass is 291 g/mol. The van der Waals surface area contributed by atoms with Gasteiger partial charge in [0.15, 0.2) is 19.8 Å². The third-order valence-corrected chi connectivity index (χ3v) is 5.20. The molecule has 0 spiro atoms. The topological polar surface area (TPSA) is 77.2 Å². The standard InChI is InChI=1S/C9H10BrNO3S/c1-15(13,14)9(10)8(12)6-2-4-7(11)5-3-6/h2-5,9H,11H2,1H3. The highest BCUT2D eigenvalue weighted by Crippen LogP contribution is 2.16. The Kier molecular flexibility index (Phi) is 3.51. The molecule has 1 atom stereocenters. The molecule has 0 saturated carbocycles. The van der Waals surface area contributed by atoms with Gasteiger partial charge in [-0.25, -0.2) is 8.42 Å². The summed E-state index contributed by atoms with van der Waals surface area (Å²) >= 11 is 2.85. The molecule has 1 rings (SSSR count). The fourth-order valence-corrected chi connectivity index (χ4v) is 1.76. The molecule has 2 N–H and O–H groups in total. The zero-order chi connectivity index (χ0) is 11.6. The summed E-state index contributed by atoms with van der Waals surface area (Å²) in [6, 6.07) is 6.10. The molecule has 0 heterocycles. The number of carbonyl (C=O) groups excluding carboxylic acids is 1. The molecule has 0 saturated heterocycles. The number of nitrogens with two attached hydrogens (primary N) is 1. The zero-order valence-electron chi connectivity index (χ0n) is 7.98. The maximum Gasteiger partial charge on any atom is 0.191 e. The number of nitrogen functional groups attached to an aromatic ring is 1. The quantitative estimate of drug-likeness (QED) is 0.516. The highest BCUT2D eigenvalue weighted by molar-refractivity contribution is 9.11. The Balaban J connectivity index is 3.01. The van der Waals surface area contributed by atoms with Gasteiger partial charge in [0.25, 0.3) is 0 Å². The lowest BCUT2D eigenvalue weighted by molar-refractivity contribution is 0.101. The molecule has 0 aliphatic carbocycles. The molecular weight excluding hydrogens is 282 g/mol. The number of rotatable bonds is 3. The van der Waals surface area contributed by atoms with Crippen molar-refractivity contribution in [3.63, 3.8) is 0 Å². The first-order chi connectivity index (χ1) is 6.82. The molecule has 0 bridgehead atoms. The number of carbonyl (C=O) groups is 1. The Morgan fingerprint density at radius 2 is 1.80 bits per heavy atom. The van der Waals surface area contributed by atoms with Crippen molar-refractivity contribution in [2.24, 2.45) is 0 Å². The average molecular weight is 292 g/mol. The van der Waals surface area contributed by atoms with Crippen LogP contribution >= 0.6 is 15.9 Å². The van der Waals surface area contributed by atoms with E-state index in [1.807, 2.05) is 0 Å². The molecule has 82 valence electrons. The number of anilines is 1. The van der Waals surface area contributed by atoms with Gasteiger partial charge < -0.3 is 5.73 Å². The van der Waals surface area contributed by atoms with Gasteiger partial charge in [-0.15, -0.1) is 0 Å². The molecule has 15 heavy (non-hydrogen) atoms. The normalized spacial score (nSPS) is 13.5. The zero-order valence-corrected chi connectivity index (χ0v) is 10.4. The molecule has 0 aliphatic rings. The minimum Gasteiger partial charge on any atom is -0.399 e. The molecule has 1 aromatic carbocycles. The average Bonchev–Trinajstić information content (AvgIpc) is 2.15. The molecule has 0 amide bonds. The van der Waals surface area contributed by atoms with Crippen molar-refractivity contribution in [2.75, 3.05) is 12.0 Å². The first-order valence-electron chi connectivity index (χ1n) is 4.05. The van der Waals surface area contributed by atoms with Gasteiger partial charge in [0.2, 0.25) is 0 Å². The van der Waals surface area contributed by atoms with Crippen LogP contribution in [0.2, 0.25) is 0 Å². The third-order valence-electron chi connectivity index (χ3n) is 1.78. The summed E-state index contributed by atoms with van der Waals surface area (Å²) in [5.41, 5.74) is 6.29. The number of Topliss-reactive ketones (excluding diaryl/α,β-unsaturated/α-hetero) is 1. The first-order valence-corrected chi connectivity index (χ1v) is 6.92. The first kappa shape index (κ1) is 12.2. The van der Waals surface area contributed by atoms with Crippen LogP contribution < -0.4 is 5.73 Å². The molecule has 4 nitrogen and oxygen atoms in total. The van der Waals surface area contributed by atoms with Gasteiger partial charge in [0, 0.05) is 17.5 Å². The number of ketones is 1. The Morgan fingerprint density at radius 1 is 1.33 bits per heavy atom. The minimum atomic E-state index is -3.42. The van der Waals surface area contributed by atoms with Crippen molar-refractivity contribution >= 4 is 37.2 Å². The van der Waals surface area contributed by atoms with E-state index < -0.39 is 19.8 Å². The predicted octanol–water partition coefficient (Wildman–Crippen LogP) is 1.22. The minimum absolute atomic E-state index is 0.316. The molecule has 0 radical (unpaired) electrons. The smallest absolute Gasteiger partial charge is 0.191 e. The molecule has 6 heteroatoms.